The van der Waals surface area contributed by atoms with Crippen molar-refractivity contribution < 1.29 is 14.3 Å². The minimum Gasteiger partial charge on any atom is -0.494 e. The molecule has 3 rings (SSSR count). The zero-order valence-electron chi connectivity index (χ0n) is 14.2. The van der Waals surface area contributed by atoms with Gasteiger partial charge in [-0.25, -0.2) is 0 Å². The smallest absolute Gasteiger partial charge is 0.293 e. The van der Waals surface area contributed by atoms with E-state index in [2.05, 4.69) is 0 Å². The Balaban J connectivity index is 1.76. The third-order valence-electron chi connectivity index (χ3n) is 3.79. The Kier molecular flexibility index (Phi) is 5.24. The molecule has 0 bridgehead atoms. The van der Waals surface area contributed by atoms with Crippen LogP contribution in [0, 0.1) is 6.92 Å². The number of rotatable bonds is 5. The molecule has 2 aromatic carbocycles. The molecule has 1 aliphatic heterocycles. The highest BCUT2D eigenvalue weighted by Crippen LogP contribution is 2.33. The molecule has 0 atom stereocenters. The van der Waals surface area contributed by atoms with E-state index < -0.39 is 0 Å². The zero-order chi connectivity index (χ0) is 17.8. The maximum atomic E-state index is 12.6. The van der Waals surface area contributed by atoms with Gasteiger partial charge in [0.1, 0.15) is 5.75 Å². The summed E-state index contributed by atoms with van der Waals surface area (Å²) in [6, 6.07) is 15.3. The molecule has 1 saturated heterocycles. The van der Waals surface area contributed by atoms with Crippen molar-refractivity contribution in [3.63, 3.8) is 0 Å². The fourth-order valence-electron chi connectivity index (χ4n) is 2.61. The average Bonchev–Trinajstić information content (AvgIpc) is 2.84. The van der Waals surface area contributed by atoms with Crippen LogP contribution in [0.5, 0.6) is 5.75 Å². The highest BCUT2D eigenvalue weighted by atomic mass is 32.2. The number of benzene rings is 2. The summed E-state index contributed by atoms with van der Waals surface area (Å²) in [5.41, 5.74) is 2.92. The predicted octanol–water partition coefficient (Wildman–Crippen LogP) is 4.63. The Morgan fingerprint density at radius 1 is 1.12 bits per heavy atom. The fourth-order valence-corrected chi connectivity index (χ4v) is 3.45. The molecule has 0 saturated carbocycles. The van der Waals surface area contributed by atoms with E-state index in [1.54, 1.807) is 6.08 Å². The van der Waals surface area contributed by atoms with Crippen LogP contribution >= 0.6 is 11.8 Å². The average molecular weight is 353 g/mol. The maximum Gasteiger partial charge on any atom is 0.293 e. The molecule has 0 spiro atoms. The largest absolute Gasteiger partial charge is 0.494 e. The third-order valence-corrected chi connectivity index (χ3v) is 4.69. The lowest BCUT2D eigenvalue weighted by Gasteiger charge is -2.12. The first kappa shape index (κ1) is 17.3. The summed E-state index contributed by atoms with van der Waals surface area (Å²) >= 11 is 0.982. The van der Waals surface area contributed by atoms with Crippen molar-refractivity contribution in [2.75, 3.05) is 6.61 Å². The Hall–Kier alpha value is -2.53. The Morgan fingerprint density at radius 3 is 2.56 bits per heavy atom. The topological polar surface area (TPSA) is 46.6 Å². The molecule has 25 heavy (non-hydrogen) atoms. The number of hydrogen-bond acceptors (Lipinski definition) is 4. The molecule has 2 aromatic rings. The molecule has 0 N–H and O–H groups in total. The molecule has 0 aromatic heterocycles. The van der Waals surface area contributed by atoms with E-state index in [9.17, 15) is 9.59 Å². The molecule has 5 heteroatoms. The highest BCUT2D eigenvalue weighted by molar-refractivity contribution is 8.18. The van der Waals surface area contributed by atoms with Crippen molar-refractivity contribution in [2.24, 2.45) is 0 Å². The van der Waals surface area contributed by atoms with Crippen molar-refractivity contribution in [2.45, 2.75) is 20.4 Å². The van der Waals surface area contributed by atoms with Crippen LogP contribution in [0.25, 0.3) is 6.08 Å². The van der Waals surface area contributed by atoms with Gasteiger partial charge in [0.25, 0.3) is 11.1 Å². The van der Waals surface area contributed by atoms with Crippen molar-refractivity contribution in [1.82, 2.24) is 4.90 Å². The van der Waals surface area contributed by atoms with Crippen LogP contribution in [-0.2, 0) is 11.3 Å². The molecule has 0 radical (unpaired) electrons. The predicted molar refractivity (Wildman–Crippen MR) is 100 cm³/mol. The summed E-state index contributed by atoms with van der Waals surface area (Å²) in [6.07, 6.45) is 1.75. The molecule has 2 amide bonds. The van der Waals surface area contributed by atoms with Crippen LogP contribution in [0.3, 0.4) is 0 Å². The number of hydrogen-bond donors (Lipinski definition) is 0. The summed E-state index contributed by atoms with van der Waals surface area (Å²) in [4.78, 5) is 26.5. The molecule has 0 aliphatic carbocycles. The van der Waals surface area contributed by atoms with E-state index >= 15 is 0 Å². The number of amides is 2. The van der Waals surface area contributed by atoms with Crippen LogP contribution < -0.4 is 4.74 Å². The molecule has 0 unspecified atom stereocenters. The van der Waals surface area contributed by atoms with Gasteiger partial charge in [-0.3, -0.25) is 14.5 Å². The van der Waals surface area contributed by atoms with Gasteiger partial charge in [0.05, 0.1) is 18.1 Å². The number of carbonyl (C=O) groups excluding carboxylic acids is 2. The lowest BCUT2D eigenvalue weighted by molar-refractivity contribution is -0.123. The van der Waals surface area contributed by atoms with Gasteiger partial charge in [-0.05, 0) is 54.9 Å². The molecular weight excluding hydrogens is 334 g/mol. The molecule has 1 heterocycles. The summed E-state index contributed by atoms with van der Waals surface area (Å²) in [6.45, 7) is 4.82. The minimum atomic E-state index is -0.245. The number of nitrogens with zero attached hydrogens (tertiary/aromatic N) is 1. The standard InChI is InChI=1S/C20H19NO3S/c1-3-24-17-9-7-15(8-10-17)12-18-19(22)21(20(23)25-18)13-16-6-4-5-14(2)11-16/h4-12H,3,13H2,1-2H3/b18-12-. The van der Waals surface area contributed by atoms with Crippen LogP contribution in [0.1, 0.15) is 23.6 Å². The van der Waals surface area contributed by atoms with E-state index in [0.29, 0.717) is 18.1 Å². The van der Waals surface area contributed by atoms with Gasteiger partial charge >= 0.3 is 0 Å². The van der Waals surface area contributed by atoms with Crippen LogP contribution in [0.4, 0.5) is 4.79 Å². The summed E-state index contributed by atoms with van der Waals surface area (Å²) in [5.74, 6) is 0.539. The third kappa shape index (κ3) is 4.12. The molecule has 128 valence electrons. The zero-order valence-corrected chi connectivity index (χ0v) is 15.0. The SMILES string of the molecule is CCOc1ccc(/C=C2\SC(=O)N(Cc3cccc(C)c3)C2=O)cc1. The quantitative estimate of drug-likeness (QED) is 0.735. The molecule has 4 nitrogen and oxygen atoms in total. The highest BCUT2D eigenvalue weighted by Gasteiger charge is 2.34. The lowest BCUT2D eigenvalue weighted by atomic mass is 10.1. The van der Waals surface area contributed by atoms with E-state index in [1.807, 2.05) is 62.4 Å². The first-order chi connectivity index (χ1) is 12.1. The molecule has 1 aliphatic rings. The van der Waals surface area contributed by atoms with Crippen LogP contribution in [0.2, 0.25) is 0 Å². The Labute approximate surface area is 151 Å². The number of carbonyl (C=O) groups is 2. The van der Waals surface area contributed by atoms with E-state index in [-0.39, 0.29) is 11.1 Å². The van der Waals surface area contributed by atoms with Gasteiger partial charge in [-0.1, -0.05) is 42.0 Å². The normalized spacial score (nSPS) is 15.9. The van der Waals surface area contributed by atoms with E-state index in [1.165, 1.54) is 4.90 Å². The second kappa shape index (κ2) is 7.57. The van der Waals surface area contributed by atoms with Gasteiger partial charge in [-0.2, -0.15) is 0 Å². The van der Waals surface area contributed by atoms with Crippen LogP contribution in [-0.4, -0.2) is 22.7 Å². The lowest BCUT2D eigenvalue weighted by Crippen LogP contribution is -2.27. The van der Waals surface area contributed by atoms with E-state index in [0.717, 1.165) is 34.2 Å². The first-order valence-corrected chi connectivity index (χ1v) is 8.92. The van der Waals surface area contributed by atoms with Crippen molar-refractivity contribution in [3.05, 3.63) is 70.1 Å². The number of ether oxygens (including phenoxy) is 1. The Morgan fingerprint density at radius 2 is 1.88 bits per heavy atom. The number of aryl methyl sites for hydroxylation is 1. The van der Waals surface area contributed by atoms with Gasteiger partial charge in [-0.15, -0.1) is 0 Å². The van der Waals surface area contributed by atoms with Crippen LogP contribution in [0.15, 0.2) is 53.4 Å². The number of thioether (sulfide) groups is 1. The summed E-state index contributed by atoms with van der Waals surface area (Å²) in [5, 5.41) is -0.233. The van der Waals surface area contributed by atoms with Gasteiger partial charge in [0, 0.05) is 0 Å². The number of imide groups is 1. The van der Waals surface area contributed by atoms with Crippen molar-refractivity contribution in [3.8, 4) is 5.75 Å². The fraction of sp³-hybridized carbons (Fsp3) is 0.200. The van der Waals surface area contributed by atoms with E-state index in [4.69, 9.17) is 4.74 Å². The van der Waals surface area contributed by atoms with Crippen molar-refractivity contribution in [1.29, 1.82) is 0 Å². The summed E-state index contributed by atoms with van der Waals surface area (Å²) < 4.78 is 5.41. The second-order valence-corrected chi connectivity index (χ2v) is 6.75. The van der Waals surface area contributed by atoms with Gasteiger partial charge in [0.2, 0.25) is 0 Å². The van der Waals surface area contributed by atoms with Gasteiger partial charge < -0.3 is 4.74 Å². The maximum absolute atomic E-state index is 12.6. The van der Waals surface area contributed by atoms with Gasteiger partial charge in [0.15, 0.2) is 0 Å². The monoisotopic (exact) mass is 353 g/mol. The second-order valence-electron chi connectivity index (χ2n) is 5.76. The minimum absolute atomic E-state index is 0.233. The Bertz CT molecular complexity index is 827. The molecule has 1 fully saturated rings. The van der Waals surface area contributed by atoms with Crippen molar-refractivity contribution >= 4 is 29.0 Å². The summed E-state index contributed by atoms with van der Waals surface area (Å²) in [7, 11) is 0. The molecular formula is C20H19NO3S. The first-order valence-electron chi connectivity index (χ1n) is 8.10.